The van der Waals surface area contributed by atoms with E-state index in [1.165, 1.54) is 19.3 Å². The maximum atomic E-state index is 5.56. The monoisotopic (exact) mass is 306 g/mol. The Morgan fingerprint density at radius 1 is 1.00 bits per heavy atom. The highest BCUT2D eigenvalue weighted by Crippen LogP contribution is 2.35. The van der Waals surface area contributed by atoms with E-state index in [4.69, 9.17) is 14.2 Å². The van der Waals surface area contributed by atoms with Gasteiger partial charge in [-0.25, -0.2) is 0 Å². The lowest BCUT2D eigenvalue weighted by Crippen LogP contribution is -2.35. The quantitative estimate of drug-likeness (QED) is 0.902. The third-order valence-corrected chi connectivity index (χ3v) is 4.81. The molecule has 0 aliphatic carbocycles. The molecular formula is C17H26N2O3. The lowest BCUT2D eigenvalue weighted by Gasteiger charge is -2.26. The number of ether oxygens (including phenoxy) is 3. The summed E-state index contributed by atoms with van der Waals surface area (Å²) in [5.74, 6) is 2.42. The van der Waals surface area contributed by atoms with Crippen LogP contribution in [0.15, 0.2) is 12.1 Å². The molecule has 0 amide bonds. The third kappa shape index (κ3) is 3.15. The number of fused-ring (bicyclic) bond motifs is 2. The first kappa shape index (κ1) is 15.4. The van der Waals surface area contributed by atoms with Gasteiger partial charge in [-0.05, 0) is 19.3 Å². The van der Waals surface area contributed by atoms with Crippen molar-refractivity contribution in [1.82, 2.24) is 10.2 Å². The van der Waals surface area contributed by atoms with Crippen molar-refractivity contribution in [3.63, 3.8) is 0 Å². The minimum Gasteiger partial charge on any atom is -0.496 e. The van der Waals surface area contributed by atoms with E-state index in [0.717, 1.165) is 42.4 Å². The summed E-state index contributed by atoms with van der Waals surface area (Å²) in [5.41, 5.74) is 1.10. The van der Waals surface area contributed by atoms with Gasteiger partial charge >= 0.3 is 0 Å². The summed E-state index contributed by atoms with van der Waals surface area (Å²) < 4.78 is 16.4. The van der Waals surface area contributed by atoms with Gasteiger partial charge in [-0.15, -0.1) is 0 Å². The SMILES string of the molecule is COc1cc(OC)c(CN2CCC3CCC(C2)N3)c(OC)c1. The molecular weight excluding hydrogens is 280 g/mol. The second-order valence-electron chi connectivity index (χ2n) is 6.17. The minimum atomic E-state index is 0.628. The Kier molecular flexibility index (Phi) is 4.74. The fourth-order valence-electron chi connectivity index (χ4n) is 3.62. The topological polar surface area (TPSA) is 43.0 Å². The van der Waals surface area contributed by atoms with Gasteiger partial charge in [-0.3, -0.25) is 4.90 Å². The number of nitrogens with one attached hydrogen (secondary N) is 1. The Morgan fingerprint density at radius 2 is 1.68 bits per heavy atom. The molecule has 2 atom stereocenters. The largest absolute Gasteiger partial charge is 0.496 e. The molecule has 0 spiro atoms. The maximum absolute atomic E-state index is 5.56. The van der Waals surface area contributed by atoms with Crippen LogP contribution in [0.3, 0.4) is 0 Å². The Bertz CT molecular complexity index is 496. The molecule has 1 aromatic rings. The Morgan fingerprint density at radius 3 is 2.32 bits per heavy atom. The van der Waals surface area contributed by atoms with Crippen LogP contribution in [0.5, 0.6) is 17.2 Å². The molecule has 22 heavy (non-hydrogen) atoms. The fourth-order valence-corrected chi connectivity index (χ4v) is 3.62. The van der Waals surface area contributed by atoms with Crippen LogP contribution in [0.25, 0.3) is 0 Å². The van der Waals surface area contributed by atoms with Crippen LogP contribution >= 0.6 is 0 Å². The second kappa shape index (κ2) is 6.75. The van der Waals surface area contributed by atoms with E-state index in [-0.39, 0.29) is 0 Å². The summed E-state index contributed by atoms with van der Waals surface area (Å²) >= 11 is 0. The molecule has 2 saturated heterocycles. The summed E-state index contributed by atoms with van der Waals surface area (Å²) in [7, 11) is 5.05. The smallest absolute Gasteiger partial charge is 0.130 e. The second-order valence-corrected chi connectivity index (χ2v) is 6.17. The fraction of sp³-hybridized carbons (Fsp3) is 0.647. The van der Waals surface area contributed by atoms with Crippen molar-refractivity contribution >= 4 is 0 Å². The van der Waals surface area contributed by atoms with E-state index in [2.05, 4.69) is 10.2 Å². The van der Waals surface area contributed by atoms with E-state index in [1.54, 1.807) is 21.3 Å². The molecule has 2 fully saturated rings. The lowest BCUT2D eigenvalue weighted by molar-refractivity contribution is 0.242. The number of hydrogen-bond donors (Lipinski definition) is 1. The van der Waals surface area contributed by atoms with Gasteiger partial charge in [0.1, 0.15) is 17.2 Å². The molecule has 0 saturated carbocycles. The molecule has 2 heterocycles. The first-order chi connectivity index (χ1) is 10.7. The maximum Gasteiger partial charge on any atom is 0.130 e. The molecule has 3 rings (SSSR count). The molecule has 2 aliphatic rings. The van der Waals surface area contributed by atoms with Crippen LogP contribution in [0.2, 0.25) is 0 Å². The van der Waals surface area contributed by atoms with Crippen molar-refractivity contribution in [2.45, 2.75) is 37.9 Å². The van der Waals surface area contributed by atoms with Crippen molar-refractivity contribution in [3.8, 4) is 17.2 Å². The highest BCUT2D eigenvalue weighted by Gasteiger charge is 2.30. The van der Waals surface area contributed by atoms with Crippen molar-refractivity contribution in [3.05, 3.63) is 17.7 Å². The van der Waals surface area contributed by atoms with Crippen molar-refractivity contribution < 1.29 is 14.2 Å². The molecule has 2 unspecified atom stereocenters. The molecule has 2 aliphatic heterocycles. The number of methoxy groups -OCH3 is 3. The Hall–Kier alpha value is -1.46. The number of benzene rings is 1. The average molecular weight is 306 g/mol. The predicted octanol–water partition coefficient (Wildman–Crippen LogP) is 2.04. The summed E-state index contributed by atoms with van der Waals surface area (Å²) in [5, 5.41) is 3.72. The van der Waals surface area contributed by atoms with Crippen molar-refractivity contribution in [2.24, 2.45) is 0 Å². The van der Waals surface area contributed by atoms with E-state index >= 15 is 0 Å². The van der Waals surface area contributed by atoms with Gasteiger partial charge in [0.25, 0.3) is 0 Å². The first-order valence-electron chi connectivity index (χ1n) is 8.00. The zero-order valence-electron chi connectivity index (χ0n) is 13.7. The van der Waals surface area contributed by atoms with Crippen molar-refractivity contribution in [2.75, 3.05) is 34.4 Å². The molecule has 5 heteroatoms. The van der Waals surface area contributed by atoms with Crippen molar-refractivity contribution in [1.29, 1.82) is 0 Å². The molecule has 5 nitrogen and oxygen atoms in total. The Labute approximate surface area is 132 Å². The highest BCUT2D eigenvalue weighted by atomic mass is 16.5. The number of nitrogens with zero attached hydrogens (tertiary/aromatic N) is 1. The van der Waals surface area contributed by atoms with Gasteiger partial charge in [0.05, 0.1) is 26.9 Å². The predicted molar refractivity (Wildman–Crippen MR) is 85.9 cm³/mol. The first-order valence-corrected chi connectivity index (χ1v) is 8.00. The van der Waals surface area contributed by atoms with Gasteiger partial charge < -0.3 is 19.5 Å². The van der Waals surface area contributed by atoms with E-state index in [9.17, 15) is 0 Å². The van der Waals surface area contributed by atoms with Crippen LogP contribution in [-0.4, -0.2) is 51.4 Å². The van der Waals surface area contributed by atoms with Crippen LogP contribution in [0.4, 0.5) is 0 Å². The average Bonchev–Trinajstić information content (AvgIpc) is 2.89. The highest BCUT2D eigenvalue weighted by molar-refractivity contribution is 5.50. The zero-order chi connectivity index (χ0) is 15.5. The van der Waals surface area contributed by atoms with Gasteiger partial charge in [-0.1, -0.05) is 0 Å². The van der Waals surface area contributed by atoms with Crippen LogP contribution in [-0.2, 0) is 6.54 Å². The molecule has 0 radical (unpaired) electrons. The van der Waals surface area contributed by atoms with Gasteiger partial charge in [-0.2, -0.15) is 0 Å². The number of rotatable bonds is 5. The summed E-state index contributed by atoms with van der Waals surface area (Å²) in [6.45, 7) is 3.06. The molecule has 0 aromatic heterocycles. The standard InChI is InChI=1S/C17H26N2O3/c1-20-14-8-16(21-2)15(17(9-14)22-3)11-19-7-6-12-4-5-13(10-19)18-12/h8-9,12-13,18H,4-7,10-11H2,1-3H3. The number of likely N-dealkylation sites (tertiary alicyclic amines) is 1. The lowest BCUT2D eigenvalue weighted by atomic mass is 10.1. The van der Waals surface area contributed by atoms with E-state index in [0.29, 0.717) is 12.1 Å². The van der Waals surface area contributed by atoms with Gasteiger partial charge in [0.2, 0.25) is 0 Å². The summed E-state index contributed by atoms with van der Waals surface area (Å²) in [6.07, 6.45) is 3.84. The van der Waals surface area contributed by atoms with Crippen LogP contribution in [0, 0.1) is 0 Å². The molecule has 122 valence electrons. The van der Waals surface area contributed by atoms with E-state index in [1.807, 2.05) is 12.1 Å². The molecule has 1 N–H and O–H groups in total. The van der Waals surface area contributed by atoms with Gasteiger partial charge in [0, 0.05) is 43.9 Å². The molecule has 1 aromatic carbocycles. The van der Waals surface area contributed by atoms with Gasteiger partial charge in [0.15, 0.2) is 0 Å². The number of hydrogen-bond acceptors (Lipinski definition) is 5. The summed E-state index contributed by atoms with van der Waals surface area (Å²) in [6, 6.07) is 5.19. The summed E-state index contributed by atoms with van der Waals surface area (Å²) in [4.78, 5) is 2.50. The van der Waals surface area contributed by atoms with Crippen LogP contribution in [0.1, 0.15) is 24.8 Å². The third-order valence-electron chi connectivity index (χ3n) is 4.81. The van der Waals surface area contributed by atoms with E-state index < -0.39 is 0 Å². The molecule has 2 bridgehead atoms. The Balaban J connectivity index is 1.81. The zero-order valence-corrected chi connectivity index (χ0v) is 13.7. The van der Waals surface area contributed by atoms with Crippen LogP contribution < -0.4 is 19.5 Å². The minimum absolute atomic E-state index is 0.628. The normalized spacial score (nSPS) is 24.9.